The lowest BCUT2D eigenvalue weighted by atomic mass is 10.1. The second-order valence-corrected chi connectivity index (χ2v) is 3.66. The van der Waals surface area contributed by atoms with E-state index in [1.165, 1.54) is 11.9 Å². The highest BCUT2D eigenvalue weighted by Crippen LogP contribution is 2.06. The molecule has 0 saturated carbocycles. The lowest BCUT2D eigenvalue weighted by Crippen LogP contribution is -2.33. The van der Waals surface area contributed by atoms with Crippen LogP contribution in [0.1, 0.15) is 22.8 Å². The molecule has 0 spiro atoms. The molecule has 0 aromatic heterocycles. The van der Waals surface area contributed by atoms with Crippen molar-refractivity contribution in [3.05, 3.63) is 35.4 Å². The Balaban J connectivity index is 2.68. The van der Waals surface area contributed by atoms with Crippen LogP contribution < -0.4 is 0 Å². The zero-order valence-electron chi connectivity index (χ0n) is 10.3. The summed E-state index contributed by atoms with van der Waals surface area (Å²) in [7, 11) is 1.53. The Hall–Kier alpha value is -2.35. The van der Waals surface area contributed by atoms with Gasteiger partial charge in [0.25, 0.3) is 5.91 Å². The number of carbonyl (C=O) groups is 2. The molecule has 0 fully saturated rings. The van der Waals surface area contributed by atoms with E-state index >= 15 is 0 Å². The molecule has 0 saturated heterocycles. The fourth-order valence-electron chi connectivity index (χ4n) is 1.38. The number of hydrogen-bond donors (Lipinski definition) is 0. The van der Waals surface area contributed by atoms with Gasteiger partial charge in [-0.05, 0) is 31.2 Å². The van der Waals surface area contributed by atoms with Crippen LogP contribution >= 0.6 is 0 Å². The number of nitrogens with zero attached hydrogens (tertiary/aromatic N) is 2. The second-order valence-electron chi connectivity index (χ2n) is 3.66. The number of nitriles is 1. The van der Waals surface area contributed by atoms with Crippen LogP contribution in [-0.2, 0) is 9.53 Å². The molecule has 0 bridgehead atoms. The highest BCUT2D eigenvalue weighted by Gasteiger charge is 2.15. The number of carbonyl (C=O) groups excluding carboxylic acids is 2. The number of hydrogen-bond acceptors (Lipinski definition) is 4. The van der Waals surface area contributed by atoms with Crippen LogP contribution in [0.4, 0.5) is 0 Å². The minimum absolute atomic E-state index is 0.0906. The summed E-state index contributed by atoms with van der Waals surface area (Å²) in [5.41, 5.74) is 0.917. The first kappa shape index (κ1) is 13.7. The molecular weight excluding hydrogens is 232 g/mol. The summed E-state index contributed by atoms with van der Waals surface area (Å²) in [6, 6.07) is 8.21. The van der Waals surface area contributed by atoms with Gasteiger partial charge in [-0.2, -0.15) is 5.26 Å². The van der Waals surface area contributed by atoms with E-state index in [2.05, 4.69) is 0 Å². The van der Waals surface area contributed by atoms with Gasteiger partial charge in [0.15, 0.2) is 0 Å². The van der Waals surface area contributed by atoms with Gasteiger partial charge in [-0.25, -0.2) is 0 Å². The Morgan fingerprint density at radius 2 is 1.94 bits per heavy atom. The first-order chi connectivity index (χ1) is 8.58. The molecule has 0 aliphatic rings. The second kappa shape index (κ2) is 6.40. The minimum atomic E-state index is -0.443. The number of likely N-dealkylation sites (N-methyl/N-ethyl adjacent to an activating group) is 1. The number of esters is 1. The van der Waals surface area contributed by atoms with Crippen LogP contribution in [0.3, 0.4) is 0 Å². The van der Waals surface area contributed by atoms with E-state index in [-0.39, 0.29) is 19.1 Å². The van der Waals surface area contributed by atoms with Crippen molar-refractivity contribution in [1.29, 1.82) is 5.26 Å². The van der Waals surface area contributed by atoms with Crippen molar-refractivity contribution in [2.75, 3.05) is 20.2 Å². The van der Waals surface area contributed by atoms with Crippen LogP contribution in [0, 0.1) is 11.3 Å². The lowest BCUT2D eigenvalue weighted by Gasteiger charge is -2.15. The molecule has 0 atom stereocenters. The molecule has 0 unspecified atom stereocenters. The zero-order chi connectivity index (χ0) is 13.5. The number of amides is 1. The van der Waals surface area contributed by atoms with Crippen molar-refractivity contribution in [3.63, 3.8) is 0 Å². The van der Waals surface area contributed by atoms with E-state index in [0.29, 0.717) is 11.1 Å². The molecule has 0 heterocycles. The van der Waals surface area contributed by atoms with E-state index < -0.39 is 5.97 Å². The summed E-state index contributed by atoms with van der Waals surface area (Å²) in [6.07, 6.45) is 0. The van der Waals surface area contributed by atoms with E-state index in [1.54, 1.807) is 31.2 Å². The standard InChI is InChI=1S/C13H14N2O3/c1-3-18-12(16)9-15(2)13(17)11-6-4-10(8-14)5-7-11/h4-7H,3,9H2,1-2H3. The topological polar surface area (TPSA) is 70.4 Å². The highest BCUT2D eigenvalue weighted by molar-refractivity contribution is 5.95. The monoisotopic (exact) mass is 246 g/mol. The summed E-state index contributed by atoms with van der Waals surface area (Å²) in [4.78, 5) is 24.4. The predicted molar refractivity (Wildman–Crippen MR) is 64.8 cm³/mol. The van der Waals surface area contributed by atoms with Crippen molar-refractivity contribution >= 4 is 11.9 Å². The van der Waals surface area contributed by atoms with Crippen molar-refractivity contribution in [1.82, 2.24) is 4.90 Å². The Morgan fingerprint density at radius 3 is 2.44 bits per heavy atom. The molecule has 18 heavy (non-hydrogen) atoms. The highest BCUT2D eigenvalue weighted by atomic mass is 16.5. The van der Waals surface area contributed by atoms with Gasteiger partial charge in [0.05, 0.1) is 18.2 Å². The van der Waals surface area contributed by atoms with Crippen LogP contribution in [0.15, 0.2) is 24.3 Å². The van der Waals surface area contributed by atoms with E-state index in [0.717, 1.165) is 0 Å². The molecular formula is C13H14N2O3. The van der Waals surface area contributed by atoms with E-state index in [9.17, 15) is 9.59 Å². The molecule has 5 nitrogen and oxygen atoms in total. The van der Waals surface area contributed by atoms with Gasteiger partial charge < -0.3 is 9.64 Å². The molecule has 0 aliphatic heterocycles. The molecule has 1 amide bonds. The Kier molecular flexibility index (Phi) is 4.88. The maximum atomic E-state index is 11.9. The van der Waals surface area contributed by atoms with Gasteiger partial charge >= 0.3 is 5.97 Å². The fraction of sp³-hybridized carbons (Fsp3) is 0.308. The van der Waals surface area contributed by atoms with Gasteiger partial charge in [0, 0.05) is 12.6 Å². The van der Waals surface area contributed by atoms with Gasteiger partial charge in [0.1, 0.15) is 6.54 Å². The van der Waals surface area contributed by atoms with Gasteiger partial charge in [-0.3, -0.25) is 9.59 Å². The molecule has 0 N–H and O–H groups in total. The summed E-state index contributed by atoms with van der Waals surface area (Å²) >= 11 is 0. The van der Waals surface area contributed by atoms with Crippen molar-refractivity contribution in [3.8, 4) is 6.07 Å². The number of rotatable bonds is 4. The maximum Gasteiger partial charge on any atom is 0.325 e. The number of ether oxygens (including phenoxy) is 1. The summed E-state index contributed by atoms with van der Waals surface area (Å²) in [6.45, 7) is 1.91. The summed E-state index contributed by atoms with van der Waals surface area (Å²) in [5, 5.41) is 8.65. The van der Waals surface area contributed by atoms with Gasteiger partial charge in [0.2, 0.25) is 0 Å². The van der Waals surface area contributed by atoms with Crippen molar-refractivity contribution in [2.24, 2.45) is 0 Å². The molecule has 5 heteroatoms. The Bertz CT molecular complexity index is 474. The third-order valence-corrected chi connectivity index (χ3v) is 2.28. The van der Waals surface area contributed by atoms with Crippen molar-refractivity contribution < 1.29 is 14.3 Å². The molecule has 0 aliphatic carbocycles. The molecule has 94 valence electrons. The van der Waals surface area contributed by atoms with Crippen LogP contribution in [-0.4, -0.2) is 37.0 Å². The van der Waals surface area contributed by atoms with Gasteiger partial charge in [-0.15, -0.1) is 0 Å². The van der Waals surface area contributed by atoms with Crippen LogP contribution in [0.5, 0.6) is 0 Å². The minimum Gasteiger partial charge on any atom is -0.465 e. The molecule has 1 rings (SSSR count). The summed E-state index contributed by atoms with van der Waals surface area (Å²) < 4.78 is 4.76. The smallest absolute Gasteiger partial charge is 0.325 e. The average molecular weight is 246 g/mol. The fourth-order valence-corrected chi connectivity index (χ4v) is 1.38. The lowest BCUT2D eigenvalue weighted by molar-refractivity contribution is -0.143. The van der Waals surface area contributed by atoms with E-state index in [1.807, 2.05) is 6.07 Å². The quantitative estimate of drug-likeness (QED) is 0.748. The van der Waals surface area contributed by atoms with Crippen molar-refractivity contribution in [2.45, 2.75) is 6.92 Å². The molecule has 1 aromatic rings. The third-order valence-electron chi connectivity index (χ3n) is 2.28. The van der Waals surface area contributed by atoms with Gasteiger partial charge in [-0.1, -0.05) is 0 Å². The Morgan fingerprint density at radius 1 is 1.33 bits per heavy atom. The number of benzene rings is 1. The molecule has 0 radical (unpaired) electrons. The summed E-state index contributed by atoms with van der Waals surface area (Å²) in [5.74, 6) is -0.727. The first-order valence-corrected chi connectivity index (χ1v) is 5.49. The third kappa shape index (κ3) is 3.59. The van der Waals surface area contributed by atoms with E-state index in [4.69, 9.17) is 10.00 Å². The Labute approximate surface area is 106 Å². The SMILES string of the molecule is CCOC(=O)CN(C)C(=O)c1ccc(C#N)cc1. The first-order valence-electron chi connectivity index (χ1n) is 5.49. The zero-order valence-corrected chi connectivity index (χ0v) is 10.3. The largest absolute Gasteiger partial charge is 0.465 e. The molecule has 1 aromatic carbocycles. The predicted octanol–water partition coefficient (Wildman–Crippen LogP) is 1.19. The maximum absolute atomic E-state index is 11.9. The van der Waals surface area contributed by atoms with Crippen LogP contribution in [0.2, 0.25) is 0 Å². The average Bonchev–Trinajstić information content (AvgIpc) is 2.38. The normalized spacial score (nSPS) is 9.39. The van der Waals surface area contributed by atoms with Crippen LogP contribution in [0.25, 0.3) is 0 Å².